The van der Waals surface area contributed by atoms with Gasteiger partial charge in [-0.15, -0.1) is 11.3 Å². The maximum absolute atomic E-state index is 12.8. The molecule has 1 heterocycles. The van der Waals surface area contributed by atoms with Crippen LogP contribution in [0.5, 0.6) is 11.5 Å². The van der Waals surface area contributed by atoms with E-state index in [2.05, 4.69) is 21.2 Å². The quantitative estimate of drug-likeness (QED) is 0.479. The average Bonchev–Trinajstić information content (AvgIpc) is 3.28. The summed E-state index contributed by atoms with van der Waals surface area (Å²) in [5.74, 6) is -0.166. The number of methoxy groups -OCH3 is 2. The third-order valence-electron chi connectivity index (χ3n) is 4.02. The minimum atomic E-state index is -0.588. The molecule has 3 aromatic rings. The number of carbonyl (C=O) groups excluding carboxylic acids is 2. The number of carbonyl (C=O) groups is 2. The minimum Gasteiger partial charge on any atom is -0.493 e. The van der Waals surface area contributed by atoms with Gasteiger partial charge >= 0.3 is 5.97 Å². The summed E-state index contributed by atoms with van der Waals surface area (Å²) in [4.78, 5) is 25.8. The second-order valence-corrected chi connectivity index (χ2v) is 7.75. The SMILES string of the molecule is COc1cc(NC(=O)c2cccs2)c(C(=O)OCc2ccc(Br)cc2)cc1OC. The average molecular weight is 476 g/mol. The largest absolute Gasteiger partial charge is 0.493 e. The summed E-state index contributed by atoms with van der Waals surface area (Å²) in [5.41, 5.74) is 1.29. The Labute approximate surface area is 180 Å². The van der Waals surface area contributed by atoms with Crippen molar-refractivity contribution in [2.45, 2.75) is 6.61 Å². The second kappa shape index (κ2) is 9.58. The van der Waals surface area contributed by atoms with E-state index in [0.717, 1.165) is 10.0 Å². The van der Waals surface area contributed by atoms with Crippen LogP contribution in [0.1, 0.15) is 25.6 Å². The van der Waals surface area contributed by atoms with Gasteiger partial charge in [0, 0.05) is 16.6 Å². The van der Waals surface area contributed by atoms with Crippen LogP contribution >= 0.6 is 27.3 Å². The second-order valence-electron chi connectivity index (χ2n) is 5.89. The van der Waals surface area contributed by atoms with Crippen molar-refractivity contribution in [2.24, 2.45) is 0 Å². The van der Waals surface area contributed by atoms with Crippen molar-refractivity contribution in [2.75, 3.05) is 19.5 Å². The lowest BCUT2D eigenvalue weighted by molar-refractivity contribution is 0.0473. The lowest BCUT2D eigenvalue weighted by atomic mass is 10.1. The van der Waals surface area contributed by atoms with E-state index >= 15 is 0 Å². The van der Waals surface area contributed by atoms with Gasteiger partial charge in [0.15, 0.2) is 11.5 Å². The molecule has 0 aliphatic carbocycles. The zero-order valence-corrected chi connectivity index (χ0v) is 18.1. The highest BCUT2D eigenvalue weighted by molar-refractivity contribution is 9.10. The van der Waals surface area contributed by atoms with E-state index in [-0.39, 0.29) is 23.8 Å². The molecule has 0 bridgehead atoms. The van der Waals surface area contributed by atoms with Gasteiger partial charge < -0.3 is 19.5 Å². The van der Waals surface area contributed by atoms with E-state index < -0.39 is 5.97 Å². The Balaban J connectivity index is 1.86. The zero-order chi connectivity index (χ0) is 20.8. The fraction of sp³-hybridized carbons (Fsp3) is 0.143. The molecule has 0 saturated heterocycles. The first kappa shape index (κ1) is 20.9. The number of ether oxygens (including phenoxy) is 3. The summed E-state index contributed by atoms with van der Waals surface area (Å²) in [6, 6.07) is 14.0. The van der Waals surface area contributed by atoms with E-state index in [4.69, 9.17) is 14.2 Å². The summed E-state index contributed by atoms with van der Waals surface area (Å²) in [6.07, 6.45) is 0. The van der Waals surface area contributed by atoms with Crippen LogP contribution in [-0.4, -0.2) is 26.1 Å². The van der Waals surface area contributed by atoms with Gasteiger partial charge in [0.2, 0.25) is 0 Å². The predicted octanol–water partition coefficient (Wildman–Crippen LogP) is 5.14. The van der Waals surface area contributed by atoms with Gasteiger partial charge in [0.25, 0.3) is 5.91 Å². The summed E-state index contributed by atoms with van der Waals surface area (Å²) in [7, 11) is 2.95. The van der Waals surface area contributed by atoms with Gasteiger partial charge in [-0.2, -0.15) is 0 Å². The number of anilines is 1. The van der Waals surface area contributed by atoms with Crippen LogP contribution in [0.3, 0.4) is 0 Å². The van der Waals surface area contributed by atoms with Crippen LogP contribution in [0.4, 0.5) is 5.69 Å². The molecule has 0 radical (unpaired) electrons. The first-order valence-electron chi connectivity index (χ1n) is 8.54. The number of hydrogen-bond donors (Lipinski definition) is 1. The Bertz CT molecular complexity index is 1000. The Morgan fingerprint density at radius 2 is 1.72 bits per heavy atom. The van der Waals surface area contributed by atoms with Crippen molar-refractivity contribution >= 4 is 44.8 Å². The molecular weight excluding hydrogens is 458 g/mol. The molecule has 1 aromatic heterocycles. The van der Waals surface area contributed by atoms with Gasteiger partial charge in [-0.25, -0.2) is 4.79 Å². The Morgan fingerprint density at radius 3 is 2.34 bits per heavy atom. The van der Waals surface area contributed by atoms with Gasteiger partial charge in [-0.05, 0) is 29.1 Å². The lowest BCUT2D eigenvalue weighted by Gasteiger charge is -2.15. The van der Waals surface area contributed by atoms with Gasteiger partial charge in [0.05, 0.1) is 30.3 Å². The van der Waals surface area contributed by atoms with E-state index in [1.54, 1.807) is 23.6 Å². The van der Waals surface area contributed by atoms with Crippen molar-refractivity contribution in [1.82, 2.24) is 0 Å². The van der Waals surface area contributed by atoms with Gasteiger partial charge in [-0.3, -0.25) is 4.79 Å². The lowest BCUT2D eigenvalue weighted by Crippen LogP contribution is -2.15. The van der Waals surface area contributed by atoms with Crippen LogP contribution in [0, 0.1) is 0 Å². The molecule has 1 amide bonds. The molecule has 0 saturated carbocycles. The molecule has 3 rings (SSSR count). The van der Waals surface area contributed by atoms with Crippen LogP contribution in [0.25, 0.3) is 0 Å². The zero-order valence-electron chi connectivity index (χ0n) is 15.7. The van der Waals surface area contributed by atoms with Crippen molar-refractivity contribution < 1.29 is 23.8 Å². The number of benzene rings is 2. The molecule has 0 aliphatic heterocycles. The number of thiophene rings is 1. The highest BCUT2D eigenvalue weighted by Crippen LogP contribution is 2.34. The van der Waals surface area contributed by atoms with Crippen molar-refractivity contribution in [1.29, 1.82) is 0 Å². The molecule has 0 aliphatic rings. The predicted molar refractivity (Wildman–Crippen MR) is 115 cm³/mol. The molecule has 2 aromatic carbocycles. The van der Waals surface area contributed by atoms with Crippen molar-refractivity contribution in [3.05, 3.63) is 74.4 Å². The Morgan fingerprint density at radius 1 is 1.03 bits per heavy atom. The van der Waals surface area contributed by atoms with E-state index in [9.17, 15) is 9.59 Å². The first-order valence-corrected chi connectivity index (χ1v) is 10.2. The fourth-order valence-corrected chi connectivity index (χ4v) is 3.43. The van der Waals surface area contributed by atoms with Crippen LogP contribution in [0.2, 0.25) is 0 Å². The number of halogens is 1. The fourth-order valence-electron chi connectivity index (χ4n) is 2.55. The summed E-state index contributed by atoms with van der Waals surface area (Å²) in [6.45, 7) is 0.0960. The monoisotopic (exact) mass is 475 g/mol. The summed E-state index contributed by atoms with van der Waals surface area (Å²) < 4.78 is 17.0. The molecule has 8 heteroatoms. The third-order valence-corrected chi connectivity index (χ3v) is 5.42. The molecular formula is C21H18BrNO5S. The Hall–Kier alpha value is -2.84. The van der Waals surface area contributed by atoms with Gasteiger partial charge in [-0.1, -0.05) is 34.1 Å². The van der Waals surface area contributed by atoms with Crippen LogP contribution in [0.15, 0.2) is 58.4 Å². The molecule has 29 heavy (non-hydrogen) atoms. The van der Waals surface area contributed by atoms with Crippen molar-refractivity contribution in [3.8, 4) is 11.5 Å². The van der Waals surface area contributed by atoms with E-state index in [1.165, 1.54) is 31.6 Å². The molecule has 0 atom stereocenters. The molecule has 150 valence electrons. The van der Waals surface area contributed by atoms with Crippen LogP contribution < -0.4 is 14.8 Å². The minimum absolute atomic E-state index is 0.0960. The molecule has 0 fully saturated rings. The number of amides is 1. The topological polar surface area (TPSA) is 73.9 Å². The molecule has 6 nitrogen and oxygen atoms in total. The first-order chi connectivity index (χ1) is 14.0. The number of esters is 1. The summed E-state index contributed by atoms with van der Waals surface area (Å²) in [5, 5.41) is 4.56. The maximum atomic E-state index is 12.8. The molecule has 0 spiro atoms. The molecule has 0 unspecified atom stereocenters. The third kappa shape index (κ3) is 5.16. The standard InChI is InChI=1S/C21H18BrNO5S/c1-26-17-10-15(21(25)28-12-13-5-7-14(22)8-6-13)16(11-18(17)27-2)23-20(24)19-4-3-9-29-19/h3-11H,12H2,1-2H3,(H,23,24). The number of nitrogens with one attached hydrogen (secondary N) is 1. The highest BCUT2D eigenvalue weighted by Gasteiger charge is 2.20. The summed E-state index contributed by atoms with van der Waals surface area (Å²) >= 11 is 4.67. The number of hydrogen-bond acceptors (Lipinski definition) is 6. The normalized spacial score (nSPS) is 10.3. The molecule has 1 N–H and O–H groups in total. The number of rotatable bonds is 7. The van der Waals surface area contributed by atoms with Crippen molar-refractivity contribution in [3.63, 3.8) is 0 Å². The van der Waals surface area contributed by atoms with E-state index in [0.29, 0.717) is 16.4 Å². The van der Waals surface area contributed by atoms with Gasteiger partial charge in [0.1, 0.15) is 6.61 Å². The van der Waals surface area contributed by atoms with Crippen LogP contribution in [-0.2, 0) is 11.3 Å². The van der Waals surface area contributed by atoms with E-state index in [1.807, 2.05) is 24.3 Å². The Kier molecular flexibility index (Phi) is 6.90. The smallest absolute Gasteiger partial charge is 0.340 e. The maximum Gasteiger partial charge on any atom is 0.340 e. The highest BCUT2D eigenvalue weighted by atomic mass is 79.9.